The van der Waals surface area contributed by atoms with Crippen molar-refractivity contribution in [1.82, 2.24) is 9.88 Å². The molecule has 0 bridgehead atoms. The average Bonchev–Trinajstić information content (AvgIpc) is 3.28. The van der Waals surface area contributed by atoms with Crippen LogP contribution in [0.25, 0.3) is 10.2 Å². The van der Waals surface area contributed by atoms with Gasteiger partial charge in [0.15, 0.2) is 11.5 Å². The molecule has 1 atom stereocenters. The van der Waals surface area contributed by atoms with Crippen molar-refractivity contribution < 1.29 is 14.3 Å². The predicted octanol–water partition coefficient (Wildman–Crippen LogP) is 5.09. The highest BCUT2D eigenvalue weighted by atomic mass is 35.5. The van der Waals surface area contributed by atoms with Crippen LogP contribution < -0.4 is 9.47 Å². The zero-order valence-electron chi connectivity index (χ0n) is 15.2. The Morgan fingerprint density at radius 1 is 1.18 bits per heavy atom. The number of thiazole rings is 1. The second-order valence-corrected chi connectivity index (χ2v) is 8.48. The van der Waals surface area contributed by atoms with E-state index in [-0.39, 0.29) is 11.9 Å². The number of fused-ring (bicyclic) bond motifs is 2. The van der Waals surface area contributed by atoms with Gasteiger partial charge in [-0.05, 0) is 37.1 Å². The van der Waals surface area contributed by atoms with Crippen LogP contribution in [0.15, 0.2) is 36.4 Å². The third kappa shape index (κ3) is 3.10. The molecule has 1 aromatic heterocycles. The number of carbonyl (C=O) groups is 1. The zero-order valence-corrected chi connectivity index (χ0v) is 16.8. The molecular weight excluding hydrogens is 396 g/mol. The molecule has 5 rings (SSSR count). The maximum Gasteiger partial charge on any atom is 0.254 e. The number of para-hydroxylation sites is 1. The van der Waals surface area contributed by atoms with E-state index in [9.17, 15) is 4.79 Å². The molecule has 1 fully saturated rings. The molecule has 3 aromatic rings. The summed E-state index contributed by atoms with van der Waals surface area (Å²) < 4.78 is 12.6. The summed E-state index contributed by atoms with van der Waals surface area (Å²) >= 11 is 8.06. The average molecular weight is 415 g/mol. The van der Waals surface area contributed by atoms with E-state index in [0.717, 1.165) is 34.5 Å². The monoisotopic (exact) mass is 414 g/mol. The van der Waals surface area contributed by atoms with Gasteiger partial charge in [0.2, 0.25) is 0 Å². The maximum atomic E-state index is 13.3. The van der Waals surface area contributed by atoms with E-state index in [2.05, 4.69) is 6.07 Å². The molecule has 7 heteroatoms. The summed E-state index contributed by atoms with van der Waals surface area (Å²) in [5.74, 6) is 1.03. The Labute approximate surface area is 171 Å². The lowest BCUT2D eigenvalue weighted by atomic mass is 10.1. The number of halogens is 1. The number of amides is 1. The largest absolute Gasteiger partial charge is 0.489 e. The Balaban J connectivity index is 1.47. The topological polar surface area (TPSA) is 51.7 Å². The summed E-state index contributed by atoms with van der Waals surface area (Å²) in [5, 5.41) is 1.41. The quantitative estimate of drug-likeness (QED) is 0.586. The molecule has 0 radical (unpaired) electrons. The minimum Gasteiger partial charge on any atom is -0.489 e. The van der Waals surface area contributed by atoms with E-state index in [4.69, 9.17) is 26.1 Å². The summed E-state index contributed by atoms with van der Waals surface area (Å²) in [7, 11) is 0. The lowest BCUT2D eigenvalue weighted by Crippen LogP contribution is -2.30. The number of carbonyl (C=O) groups excluding carboxylic acids is 1. The van der Waals surface area contributed by atoms with Crippen LogP contribution in [-0.4, -0.2) is 35.5 Å². The van der Waals surface area contributed by atoms with Crippen LogP contribution in [0.4, 0.5) is 0 Å². The third-order valence-corrected chi connectivity index (χ3v) is 6.58. The first-order valence-corrected chi connectivity index (χ1v) is 10.7. The van der Waals surface area contributed by atoms with Crippen molar-refractivity contribution in [1.29, 1.82) is 0 Å². The molecule has 2 aliphatic rings. The van der Waals surface area contributed by atoms with Gasteiger partial charge in [0.1, 0.15) is 5.01 Å². The van der Waals surface area contributed by atoms with Crippen molar-refractivity contribution in [3.8, 4) is 11.5 Å². The Morgan fingerprint density at radius 3 is 2.93 bits per heavy atom. The van der Waals surface area contributed by atoms with Crippen molar-refractivity contribution in [3.05, 3.63) is 52.0 Å². The molecular formula is C21H19ClN2O3S. The second-order valence-electron chi connectivity index (χ2n) is 7.01. The van der Waals surface area contributed by atoms with Crippen LogP contribution in [-0.2, 0) is 0 Å². The van der Waals surface area contributed by atoms with Crippen molar-refractivity contribution in [2.45, 2.75) is 25.3 Å². The molecule has 0 N–H and O–H groups in total. The second kappa shape index (κ2) is 7.26. The highest BCUT2D eigenvalue weighted by Crippen LogP contribution is 2.41. The molecule has 2 aromatic carbocycles. The van der Waals surface area contributed by atoms with Crippen LogP contribution in [0, 0.1) is 0 Å². The number of nitrogens with zero attached hydrogens (tertiary/aromatic N) is 2. The number of aromatic nitrogens is 1. The van der Waals surface area contributed by atoms with Crippen molar-refractivity contribution >= 4 is 39.1 Å². The molecule has 144 valence electrons. The highest BCUT2D eigenvalue weighted by molar-refractivity contribution is 7.18. The van der Waals surface area contributed by atoms with E-state index >= 15 is 0 Å². The third-order valence-electron chi connectivity index (χ3n) is 5.16. The molecule has 1 unspecified atom stereocenters. The number of benzene rings is 2. The van der Waals surface area contributed by atoms with E-state index in [1.165, 1.54) is 0 Å². The fourth-order valence-electron chi connectivity index (χ4n) is 3.82. The predicted molar refractivity (Wildman–Crippen MR) is 110 cm³/mol. The van der Waals surface area contributed by atoms with Crippen LogP contribution in [0.2, 0.25) is 5.02 Å². The summed E-state index contributed by atoms with van der Waals surface area (Å²) in [5.41, 5.74) is 1.52. The normalized spacial score (nSPS) is 19.0. The minimum absolute atomic E-state index is 0.000320. The Bertz CT molecular complexity index is 1020. The Hall–Kier alpha value is -2.31. The lowest BCUT2D eigenvalue weighted by Gasteiger charge is -2.23. The number of hydrogen-bond donors (Lipinski definition) is 0. The van der Waals surface area contributed by atoms with E-state index in [1.54, 1.807) is 23.5 Å². The molecule has 0 spiro atoms. The van der Waals surface area contributed by atoms with Crippen LogP contribution >= 0.6 is 22.9 Å². The van der Waals surface area contributed by atoms with Crippen molar-refractivity contribution in [2.24, 2.45) is 0 Å². The minimum atomic E-state index is -0.0423. The van der Waals surface area contributed by atoms with Gasteiger partial charge in [0, 0.05) is 18.5 Å². The first-order chi connectivity index (χ1) is 13.7. The van der Waals surface area contributed by atoms with Gasteiger partial charge in [0.25, 0.3) is 5.91 Å². The lowest BCUT2D eigenvalue weighted by molar-refractivity contribution is 0.0735. The van der Waals surface area contributed by atoms with Crippen LogP contribution in [0.5, 0.6) is 11.5 Å². The summed E-state index contributed by atoms with van der Waals surface area (Å²) in [6, 6.07) is 11.5. The van der Waals surface area contributed by atoms with Gasteiger partial charge in [-0.25, -0.2) is 4.98 Å². The molecule has 1 saturated heterocycles. The Kier molecular flexibility index (Phi) is 4.61. The summed E-state index contributed by atoms with van der Waals surface area (Å²) in [4.78, 5) is 20.0. The van der Waals surface area contributed by atoms with Gasteiger partial charge in [-0.1, -0.05) is 23.7 Å². The van der Waals surface area contributed by atoms with Gasteiger partial charge in [0.05, 0.1) is 34.5 Å². The standard InChI is InChI=1S/C21H19ClN2O3S/c22-14-11-13(12-17-19(14)27-10-4-9-26-17)21(25)24-8-3-6-16(24)20-23-15-5-1-2-7-18(15)28-20/h1-2,5,7,11-12,16H,3-4,6,8-10H2. The first kappa shape index (κ1) is 17.8. The van der Waals surface area contributed by atoms with Crippen LogP contribution in [0.1, 0.15) is 40.7 Å². The smallest absolute Gasteiger partial charge is 0.254 e. The molecule has 0 saturated carbocycles. The van der Waals surface area contributed by atoms with Gasteiger partial charge in [-0.2, -0.15) is 0 Å². The van der Waals surface area contributed by atoms with Gasteiger partial charge < -0.3 is 14.4 Å². The van der Waals surface area contributed by atoms with Crippen molar-refractivity contribution in [2.75, 3.05) is 19.8 Å². The van der Waals surface area contributed by atoms with Gasteiger partial charge in [-0.3, -0.25) is 4.79 Å². The van der Waals surface area contributed by atoms with Crippen LogP contribution in [0.3, 0.4) is 0 Å². The Morgan fingerprint density at radius 2 is 2.04 bits per heavy atom. The molecule has 0 aliphatic carbocycles. The molecule has 28 heavy (non-hydrogen) atoms. The SMILES string of the molecule is O=C(c1cc(Cl)c2c(c1)OCCCO2)N1CCCC1c1nc2ccccc2s1. The summed E-state index contributed by atoms with van der Waals surface area (Å²) in [6.45, 7) is 1.83. The number of likely N-dealkylation sites (tertiary alicyclic amines) is 1. The number of hydrogen-bond acceptors (Lipinski definition) is 5. The van der Waals surface area contributed by atoms with E-state index in [1.807, 2.05) is 23.1 Å². The zero-order chi connectivity index (χ0) is 19.1. The molecule has 3 heterocycles. The molecule has 5 nitrogen and oxygen atoms in total. The maximum absolute atomic E-state index is 13.3. The molecule has 2 aliphatic heterocycles. The summed E-state index contributed by atoms with van der Waals surface area (Å²) in [6.07, 6.45) is 2.68. The fraction of sp³-hybridized carbons (Fsp3) is 0.333. The number of ether oxygens (including phenoxy) is 2. The van der Waals surface area contributed by atoms with Crippen molar-refractivity contribution in [3.63, 3.8) is 0 Å². The van der Waals surface area contributed by atoms with Gasteiger partial charge >= 0.3 is 0 Å². The van der Waals surface area contributed by atoms with E-state index in [0.29, 0.717) is 41.8 Å². The van der Waals surface area contributed by atoms with E-state index < -0.39 is 0 Å². The van der Waals surface area contributed by atoms with Gasteiger partial charge in [-0.15, -0.1) is 11.3 Å². The molecule has 1 amide bonds. The number of rotatable bonds is 2. The highest BCUT2D eigenvalue weighted by Gasteiger charge is 2.33. The fourth-order valence-corrected chi connectivity index (χ4v) is 5.20. The first-order valence-electron chi connectivity index (χ1n) is 9.46.